The van der Waals surface area contributed by atoms with E-state index in [4.69, 9.17) is 0 Å². The van der Waals surface area contributed by atoms with Gasteiger partial charge in [0.05, 0.1) is 12.2 Å². The molecule has 0 amide bonds. The molecule has 0 atom stereocenters. The van der Waals surface area contributed by atoms with E-state index in [1.165, 1.54) is 22.3 Å². The molecule has 3 nitrogen and oxygen atoms in total. The van der Waals surface area contributed by atoms with Crippen molar-refractivity contribution in [2.45, 2.75) is 53.8 Å². The Morgan fingerprint density at radius 2 is 1.90 bits per heavy atom. The minimum Gasteiger partial charge on any atom is -0.310 e. The van der Waals surface area contributed by atoms with Crippen molar-refractivity contribution in [3.05, 3.63) is 52.3 Å². The molecule has 0 saturated carbocycles. The highest BCUT2D eigenvalue weighted by Crippen LogP contribution is 2.14. The minimum absolute atomic E-state index is 0.497. The van der Waals surface area contributed by atoms with Crippen LogP contribution in [0.2, 0.25) is 0 Å². The fraction of sp³-hybridized carbons (Fsp3) is 0.471. The van der Waals surface area contributed by atoms with E-state index in [9.17, 15) is 0 Å². The monoisotopic (exact) mass is 271 g/mol. The van der Waals surface area contributed by atoms with E-state index in [2.05, 4.69) is 74.1 Å². The van der Waals surface area contributed by atoms with E-state index in [0.717, 1.165) is 18.8 Å². The van der Waals surface area contributed by atoms with Crippen molar-refractivity contribution in [1.29, 1.82) is 0 Å². The van der Waals surface area contributed by atoms with Gasteiger partial charge in [0.1, 0.15) is 0 Å². The Labute approximate surface area is 122 Å². The number of benzene rings is 1. The molecule has 3 heteroatoms. The lowest BCUT2D eigenvalue weighted by atomic mass is 10.1. The first-order valence-corrected chi connectivity index (χ1v) is 7.28. The zero-order chi connectivity index (χ0) is 14.7. The van der Waals surface area contributed by atoms with Gasteiger partial charge in [-0.25, -0.2) is 0 Å². The summed E-state index contributed by atoms with van der Waals surface area (Å²) in [7, 11) is 0. The highest BCUT2D eigenvalue weighted by molar-refractivity contribution is 5.30. The van der Waals surface area contributed by atoms with Crippen LogP contribution in [0.4, 0.5) is 0 Å². The summed E-state index contributed by atoms with van der Waals surface area (Å²) >= 11 is 0. The molecule has 0 spiro atoms. The van der Waals surface area contributed by atoms with Gasteiger partial charge in [-0.3, -0.25) is 4.68 Å². The second-order valence-corrected chi connectivity index (χ2v) is 5.90. The smallest absolute Gasteiger partial charge is 0.0662 e. The van der Waals surface area contributed by atoms with Gasteiger partial charge in [0.2, 0.25) is 0 Å². The summed E-state index contributed by atoms with van der Waals surface area (Å²) in [6, 6.07) is 7.09. The molecule has 0 aliphatic rings. The van der Waals surface area contributed by atoms with E-state index in [0.29, 0.717) is 6.04 Å². The molecule has 20 heavy (non-hydrogen) atoms. The van der Waals surface area contributed by atoms with E-state index in [1.807, 2.05) is 0 Å². The van der Waals surface area contributed by atoms with Crippen LogP contribution in [0.25, 0.3) is 0 Å². The van der Waals surface area contributed by atoms with E-state index in [1.54, 1.807) is 0 Å². The molecule has 1 aromatic carbocycles. The number of rotatable bonds is 5. The molecule has 0 unspecified atom stereocenters. The Morgan fingerprint density at radius 3 is 2.60 bits per heavy atom. The van der Waals surface area contributed by atoms with E-state index in [-0.39, 0.29) is 0 Å². The molecule has 0 aliphatic carbocycles. The zero-order valence-electron chi connectivity index (χ0n) is 13.2. The van der Waals surface area contributed by atoms with Gasteiger partial charge in [-0.1, -0.05) is 37.6 Å². The summed E-state index contributed by atoms with van der Waals surface area (Å²) in [5.74, 6) is 0. The first-order chi connectivity index (χ1) is 9.45. The molecule has 0 radical (unpaired) electrons. The second-order valence-electron chi connectivity index (χ2n) is 5.90. The summed E-state index contributed by atoms with van der Waals surface area (Å²) in [5, 5.41) is 8.08. The van der Waals surface area contributed by atoms with Crippen LogP contribution in [0.3, 0.4) is 0 Å². The largest absolute Gasteiger partial charge is 0.310 e. The Morgan fingerprint density at radius 1 is 1.15 bits per heavy atom. The third-order valence-electron chi connectivity index (χ3n) is 3.59. The highest BCUT2D eigenvalue weighted by Gasteiger charge is 2.07. The van der Waals surface area contributed by atoms with Crippen molar-refractivity contribution in [2.75, 3.05) is 0 Å². The highest BCUT2D eigenvalue weighted by atomic mass is 15.3. The standard InChI is InChI=1S/C17H25N3/c1-12(2)18-9-17-11-20(19-15(17)5)10-16-8-13(3)6-7-14(16)4/h6-8,11-12,18H,9-10H2,1-5H3. The van der Waals surface area contributed by atoms with Crippen molar-refractivity contribution >= 4 is 0 Å². The van der Waals surface area contributed by atoms with Gasteiger partial charge in [0.15, 0.2) is 0 Å². The van der Waals surface area contributed by atoms with Crippen LogP contribution in [-0.4, -0.2) is 15.8 Å². The molecule has 0 bridgehead atoms. The number of hydrogen-bond donors (Lipinski definition) is 1. The first-order valence-electron chi connectivity index (χ1n) is 7.28. The summed E-state index contributed by atoms with van der Waals surface area (Å²) in [5.41, 5.74) is 6.37. The fourth-order valence-corrected chi connectivity index (χ4v) is 2.27. The van der Waals surface area contributed by atoms with Gasteiger partial charge < -0.3 is 5.32 Å². The number of aromatic nitrogens is 2. The molecule has 1 N–H and O–H groups in total. The Bertz CT molecular complexity index is 582. The van der Waals surface area contributed by atoms with Gasteiger partial charge in [-0.05, 0) is 31.9 Å². The van der Waals surface area contributed by atoms with Gasteiger partial charge in [0.25, 0.3) is 0 Å². The first kappa shape index (κ1) is 14.8. The van der Waals surface area contributed by atoms with Crippen molar-refractivity contribution < 1.29 is 0 Å². The third-order valence-corrected chi connectivity index (χ3v) is 3.59. The third kappa shape index (κ3) is 3.70. The van der Waals surface area contributed by atoms with Crippen LogP contribution in [0.5, 0.6) is 0 Å². The summed E-state index contributed by atoms with van der Waals surface area (Å²) in [4.78, 5) is 0. The summed E-state index contributed by atoms with van der Waals surface area (Å²) in [6.07, 6.45) is 2.16. The van der Waals surface area contributed by atoms with Gasteiger partial charge in [-0.15, -0.1) is 0 Å². The molecule has 0 aliphatic heterocycles. The Hall–Kier alpha value is -1.61. The van der Waals surface area contributed by atoms with Crippen LogP contribution in [0.15, 0.2) is 24.4 Å². The van der Waals surface area contributed by atoms with Crippen LogP contribution < -0.4 is 5.32 Å². The van der Waals surface area contributed by atoms with E-state index >= 15 is 0 Å². The molecule has 2 aromatic rings. The maximum Gasteiger partial charge on any atom is 0.0662 e. The molecular weight excluding hydrogens is 246 g/mol. The van der Waals surface area contributed by atoms with Gasteiger partial charge in [-0.2, -0.15) is 5.10 Å². The molecule has 1 heterocycles. The number of aryl methyl sites for hydroxylation is 3. The quantitative estimate of drug-likeness (QED) is 0.903. The molecule has 2 rings (SSSR count). The molecule has 0 fully saturated rings. The SMILES string of the molecule is Cc1ccc(C)c(Cn2cc(CNC(C)C)c(C)n2)c1. The van der Waals surface area contributed by atoms with Crippen molar-refractivity contribution in [3.8, 4) is 0 Å². The maximum atomic E-state index is 4.63. The lowest BCUT2D eigenvalue weighted by molar-refractivity contribution is 0.587. The minimum atomic E-state index is 0.497. The fourth-order valence-electron chi connectivity index (χ4n) is 2.27. The number of nitrogens with zero attached hydrogens (tertiary/aromatic N) is 2. The van der Waals surface area contributed by atoms with E-state index < -0.39 is 0 Å². The van der Waals surface area contributed by atoms with Crippen LogP contribution in [-0.2, 0) is 13.1 Å². The summed E-state index contributed by atoms with van der Waals surface area (Å²) in [6.45, 7) is 12.4. The Kier molecular flexibility index (Phi) is 4.61. The number of nitrogens with one attached hydrogen (secondary N) is 1. The summed E-state index contributed by atoms with van der Waals surface area (Å²) < 4.78 is 2.05. The van der Waals surface area contributed by atoms with Gasteiger partial charge >= 0.3 is 0 Å². The predicted octanol–water partition coefficient (Wildman–Crippen LogP) is 3.35. The van der Waals surface area contributed by atoms with Gasteiger partial charge in [0, 0.05) is 24.3 Å². The molecular formula is C17H25N3. The average Bonchev–Trinajstić information content (AvgIpc) is 2.72. The predicted molar refractivity (Wildman–Crippen MR) is 84.0 cm³/mol. The van der Waals surface area contributed by atoms with Crippen molar-refractivity contribution in [2.24, 2.45) is 0 Å². The maximum absolute atomic E-state index is 4.63. The molecule has 1 aromatic heterocycles. The Balaban J connectivity index is 2.14. The van der Waals surface area contributed by atoms with Crippen LogP contribution >= 0.6 is 0 Å². The van der Waals surface area contributed by atoms with Crippen molar-refractivity contribution in [3.63, 3.8) is 0 Å². The van der Waals surface area contributed by atoms with Crippen molar-refractivity contribution in [1.82, 2.24) is 15.1 Å². The zero-order valence-corrected chi connectivity index (χ0v) is 13.2. The van der Waals surface area contributed by atoms with Crippen LogP contribution in [0.1, 0.15) is 41.8 Å². The number of hydrogen-bond acceptors (Lipinski definition) is 2. The average molecular weight is 271 g/mol. The topological polar surface area (TPSA) is 29.9 Å². The lowest BCUT2D eigenvalue weighted by Gasteiger charge is -2.07. The second kappa shape index (κ2) is 6.23. The lowest BCUT2D eigenvalue weighted by Crippen LogP contribution is -2.21. The molecule has 108 valence electrons. The normalized spacial score (nSPS) is 11.3. The molecule has 0 saturated heterocycles. The van der Waals surface area contributed by atoms with Crippen LogP contribution in [0, 0.1) is 20.8 Å².